The van der Waals surface area contributed by atoms with Crippen LogP contribution in [-0.4, -0.2) is 5.60 Å². The van der Waals surface area contributed by atoms with Crippen molar-refractivity contribution in [2.75, 3.05) is 0 Å². The first-order valence-corrected chi connectivity index (χ1v) is 7.60. The zero-order chi connectivity index (χ0) is 13.5. The van der Waals surface area contributed by atoms with Crippen LogP contribution in [0, 0.1) is 0 Å². The van der Waals surface area contributed by atoms with Gasteiger partial charge in [-0.05, 0) is 56.7 Å². The van der Waals surface area contributed by atoms with Crippen molar-refractivity contribution >= 4 is 0 Å². The molecule has 3 rings (SSSR count). The number of nitrogens with two attached hydrogens (primary N) is 1. The fraction of sp³-hybridized carbons (Fsp3) is 0.647. The molecule has 2 N–H and O–H groups in total. The second-order valence-electron chi connectivity index (χ2n) is 6.90. The number of benzene rings is 1. The number of hydrogen-bond donors (Lipinski definition) is 1. The zero-order valence-electron chi connectivity index (χ0n) is 12.2. The van der Waals surface area contributed by atoms with Crippen LogP contribution in [0.4, 0.5) is 0 Å². The average molecular weight is 259 g/mol. The molecule has 104 valence electrons. The quantitative estimate of drug-likeness (QED) is 0.830. The van der Waals surface area contributed by atoms with E-state index in [1.54, 1.807) is 0 Å². The van der Waals surface area contributed by atoms with Crippen LogP contribution in [0.3, 0.4) is 0 Å². The minimum atomic E-state index is -0.127. The first kappa shape index (κ1) is 13.0. The Morgan fingerprint density at radius 3 is 2.53 bits per heavy atom. The summed E-state index contributed by atoms with van der Waals surface area (Å²) in [6.07, 6.45) is 8.24. The van der Waals surface area contributed by atoms with Crippen molar-refractivity contribution in [2.24, 2.45) is 5.73 Å². The molecule has 0 atom stereocenters. The molecule has 2 aliphatic rings. The van der Waals surface area contributed by atoms with Crippen molar-refractivity contribution < 1.29 is 4.74 Å². The normalized spacial score (nSPS) is 24.4. The van der Waals surface area contributed by atoms with Gasteiger partial charge in [0.15, 0.2) is 0 Å². The fourth-order valence-corrected chi connectivity index (χ4v) is 3.42. The highest BCUT2D eigenvalue weighted by Crippen LogP contribution is 2.39. The Balaban J connectivity index is 1.92. The summed E-state index contributed by atoms with van der Waals surface area (Å²) < 4.78 is 6.14. The molecule has 1 fully saturated rings. The predicted octanol–water partition coefficient (Wildman–Crippen LogP) is 3.91. The molecule has 1 aliphatic carbocycles. The Kier molecular flexibility index (Phi) is 3.09. The highest BCUT2D eigenvalue weighted by Gasteiger charge is 2.32. The largest absolute Gasteiger partial charge is 0.488 e. The monoisotopic (exact) mass is 259 g/mol. The maximum atomic E-state index is 6.63. The third-order valence-electron chi connectivity index (χ3n) is 4.77. The summed E-state index contributed by atoms with van der Waals surface area (Å²) in [5, 5.41) is 0. The molecule has 0 aromatic heterocycles. The van der Waals surface area contributed by atoms with Crippen LogP contribution in [-0.2, 0) is 12.0 Å². The third-order valence-corrected chi connectivity index (χ3v) is 4.77. The molecule has 0 radical (unpaired) electrons. The van der Waals surface area contributed by atoms with Crippen LogP contribution < -0.4 is 10.5 Å². The van der Waals surface area contributed by atoms with Gasteiger partial charge in [0.1, 0.15) is 11.4 Å². The van der Waals surface area contributed by atoms with E-state index in [1.807, 2.05) is 0 Å². The zero-order valence-corrected chi connectivity index (χ0v) is 12.2. The van der Waals surface area contributed by atoms with E-state index in [-0.39, 0.29) is 11.1 Å². The van der Waals surface area contributed by atoms with Crippen molar-refractivity contribution in [1.29, 1.82) is 0 Å². The second-order valence-corrected chi connectivity index (χ2v) is 6.90. The van der Waals surface area contributed by atoms with Crippen LogP contribution in [0.1, 0.15) is 63.5 Å². The van der Waals surface area contributed by atoms with Gasteiger partial charge in [-0.2, -0.15) is 0 Å². The Morgan fingerprint density at radius 2 is 1.79 bits per heavy atom. The first-order chi connectivity index (χ1) is 8.99. The summed E-state index contributed by atoms with van der Waals surface area (Å²) in [4.78, 5) is 0. The molecule has 2 heteroatoms. The lowest BCUT2D eigenvalue weighted by Crippen LogP contribution is -2.39. The molecule has 0 bridgehead atoms. The second kappa shape index (κ2) is 4.52. The van der Waals surface area contributed by atoms with E-state index in [0.717, 1.165) is 31.4 Å². The highest BCUT2D eigenvalue weighted by molar-refractivity contribution is 5.42. The van der Waals surface area contributed by atoms with E-state index in [9.17, 15) is 0 Å². The lowest BCUT2D eigenvalue weighted by Gasteiger charge is -2.37. The van der Waals surface area contributed by atoms with Crippen molar-refractivity contribution in [2.45, 2.75) is 69.9 Å². The third kappa shape index (κ3) is 2.51. The van der Waals surface area contributed by atoms with Gasteiger partial charge in [-0.3, -0.25) is 0 Å². The van der Waals surface area contributed by atoms with E-state index in [2.05, 4.69) is 32.0 Å². The maximum Gasteiger partial charge on any atom is 0.123 e. The van der Waals surface area contributed by atoms with Crippen LogP contribution in [0.5, 0.6) is 5.75 Å². The molecule has 0 saturated heterocycles. The molecule has 19 heavy (non-hydrogen) atoms. The molecule has 0 unspecified atom stereocenters. The van der Waals surface area contributed by atoms with Gasteiger partial charge in [-0.1, -0.05) is 31.4 Å². The highest BCUT2D eigenvalue weighted by atomic mass is 16.5. The minimum absolute atomic E-state index is 0.0417. The van der Waals surface area contributed by atoms with Gasteiger partial charge in [-0.15, -0.1) is 0 Å². The Labute approximate surface area is 116 Å². The molecule has 1 aliphatic heterocycles. The van der Waals surface area contributed by atoms with Gasteiger partial charge in [0.05, 0.1) is 0 Å². The molecular formula is C17H25NO. The summed E-state index contributed by atoms with van der Waals surface area (Å²) in [7, 11) is 0. The van der Waals surface area contributed by atoms with Crippen LogP contribution in [0.2, 0.25) is 0 Å². The Morgan fingerprint density at radius 1 is 1.05 bits per heavy atom. The fourth-order valence-electron chi connectivity index (χ4n) is 3.42. The van der Waals surface area contributed by atoms with E-state index in [1.165, 1.54) is 30.4 Å². The van der Waals surface area contributed by atoms with Crippen molar-refractivity contribution in [1.82, 2.24) is 0 Å². The average Bonchev–Trinajstić information content (AvgIpc) is 2.37. The van der Waals surface area contributed by atoms with Crippen molar-refractivity contribution in [3.05, 3.63) is 29.3 Å². The van der Waals surface area contributed by atoms with Gasteiger partial charge >= 0.3 is 0 Å². The smallest absolute Gasteiger partial charge is 0.123 e. The van der Waals surface area contributed by atoms with Crippen molar-refractivity contribution in [3.8, 4) is 5.75 Å². The van der Waals surface area contributed by atoms with Crippen molar-refractivity contribution in [3.63, 3.8) is 0 Å². The number of hydrogen-bond acceptors (Lipinski definition) is 2. The standard InChI is InChI=1S/C17H25NO/c1-16(2)11-8-13-6-7-14(12-15(13)19-16)17(18)9-4-3-5-10-17/h6-7,12H,3-5,8-11,18H2,1-2H3. The van der Waals surface area contributed by atoms with Crippen LogP contribution in [0.25, 0.3) is 0 Å². The summed E-state index contributed by atoms with van der Waals surface area (Å²) >= 11 is 0. The first-order valence-electron chi connectivity index (χ1n) is 7.60. The molecular weight excluding hydrogens is 234 g/mol. The van der Waals surface area contributed by atoms with E-state index < -0.39 is 0 Å². The van der Waals surface area contributed by atoms with Crippen LogP contribution >= 0.6 is 0 Å². The lowest BCUT2D eigenvalue weighted by molar-refractivity contribution is 0.0843. The Hall–Kier alpha value is -1.02. The number of rotatable bonds is 1. The van der Waals surface area contributed by atoms with Gasteiger partial charge in [-0.25, -0.2) is 0 Å². The topological polar surface area (TPSA) is 35.2 Å². The van der Waals surface area contributed by atoms with Gasteiger partial charge < -0.3 is 10.5 Å². The molecule has 0 amide bonds. The lowest BCUT2D eigenvalue weighted by atomic mass is 9.77. The summed E-state index contributed by atoms with van der Waals surface area (Å²) in [5.74, 6) is 1.06. The maximum absolute atomic E-state index is 6.63. The molecule has 1 heterocycles. The molecule has 1 aromatic rings. The van der Waals surface area contributed by atoms with Gasteiger partial charge in [0, 0.05) is 5.54 Å². The number of aryl methyl sites for hydroxylation is 1. The van der Waals surface area contributed by atoms with Gasteiger partial charge in [0.2, 0.25) is 0 Å². The number of fused-ring (bicyclic) bond motifs is 1. The van der Waals surface area contributed by atoms with E-state index in [4.69, 9.17) is 10.5 Å². The van der Waals surface area contributed by atoms with E-state index in [0.29, 0.717) is 0 Å². The SMILES string of the molecule is CC1(C)CCc2ccc(C3(N)CCCCC3)cc2O1. The molecule has 1 aromatic carbocycles. The number of ether oxygens (including phenoxy) is 1. The molecule has 0 spiro atoms. The van der Waals surface area contributed by atoms with Gasteiger partial charge in [0.25, 0.3) is 0 Å². The predicted molar refractivity (Wildman–Crippen MR) is 78.4 cm³/mol. The summed E-state index contributed by atoms with van der Waals surface area (Å²) in [6, 6.07) is 6.66. The molecule has 2 nitrogen and oxygen atoms in total. The van der Waals surface area contributed by atoms with E-state index >= 15 is 0 Å². The summed E-state index contributed by atoms with van der Waals surface area (Å²) in [6.45, 7) is 4.34. The summed E-state index contributed by atoms with van der Waals surface area (Å²) in [5.41, 5.74) is 9.06. The minimum Gasteiger partial charge on any atom is -0.488 e. The molecule has 1 saturated carbocycles. The Bertz CT molecular complexity index is 472. The van der Waals surface area contributed by atoms with Crippen LogP contribution in [0.15, 0.2) is 18.2 Å².